The summed E-state index contributed by atoms with van der Waals surface area (Å²) >= 11 is 1.83. The highest BCUT2D eigenvalue weighted by molar-refractivity contribution is 7.99. The largest absolute Gasteiger partial charge is 0.323 e. The minimum Gasteiger partial charge on any atom is -0.323 e. The van der Waals surface area contributed by atoms with Crippen molar-refractivity contribution in [2.45, 2.75) is 32.1 Å². The third kappa shape index (κ3) is 3.84. The molecule has 2 N–H and O–H groups in total. The van der Waals surface area contributed by atoms with Gasteiger partial charge in [-0.2, -0.15) is 11.8 Å². The summed E-state index contributed by atoms with van der Waals surface area (Å²) in [5.74, 6) is 0.685. The molecule has 0 radical (unpaired) electrons. The first-order valence-electron chi connectivity index (χ1n) is 5.14. The van der Waals surface area contributed by atoms with Gasteiger partial charge in [0.05, 0.1) is 0 Å². The lowest BCUT2D eigenvalue weighted by Gasteiger charge is -2.15. The van der Waals surface area contributed by atoms with Crippen LogP contribution in [0.15, 0.2) is 18.2 Å². The van der Waals surface area contributed by atoms with Crippen molar-refractivity contribution in [2.24, 2.45) is 5.73 Å². The number of hydrogen-bond donors (Lipinski definition) is 1. The van der Waals surface area contributed by atoms with Crippen LogP contribution in [0.5, 0.6) is 0 Å². The molecule has 0 aliphatic rings. The third-order valence-corrected chi connectivity index (χ3v) is 3.46. The van der Waals surface area contributed by atoms with Gasteiger partial charge in [-0.25, -0.2) is 4.39 Å². The molecule has 0 heterocycles. The second kappa shape index (κ2) is 5.52. The Balaban J connectivity index is 2.69. The molecule has 0 aliphatic heterocycles. The highest BCUT2D eigenvalue weighted by atomic mass is 32.2. The van der Waals surface area contributed by atoms with Crippen LogP contribution in [0.1, 0.15) is 31.0 Å². The van der Waals surface area contributed by atoms with Crippen LogP contribution in [0.2, 0.25) is 0 Å². The van der Waals surface area contributed by atoms with Crippen molar-refractivity contribution in [3.05, 3.63) is 35.1 Å². The van der Waals surface area contributed by atoms with Gasteiger partial charge in [0.25, 0.3) is 0 Å². The third-order valence-electron chi connectivity index (χ3n) is 2.24. The topological polar surface area (TPSA) is 26.0 Å². The van der Waals surface area contributed by atoms with Crippen LogP contribution in [0.25, 0.3) is 0 Å². The standard InChI is InChI=1S/C12H18FNS/c1-8(2)15-7-12(14)11-5-4-10(13)6-9(11)3/h4-6,8,12H,7,14H2,1-3H3. The van der Waals surface area contributed by atoms with Crippen molar-refractivity contribution >= 4 is 11.8 Å². The Kier molecular flexibility index (Phi) is 4.61. The van der Waals surface area contributed by atoms with Gasteiger partial charge in [-0.3, -0.25) is 0 Å². The number of nitrogens with two attached hydrogens (primary N) is 1. The van der Waals surface area contributed by atoms with E-state index >= 15 is 0 Å². The maximum atomic E-state index is 12.9. The Hall–Kier alpha value is -0.540. The van der Waals surface area contributed by atoms with Gasteiger partial charge in [0.1, 0.15) is 5.82 Å². The van der Waals surface area contributed by atoms with Crippen molar-refractivity contribution in [1.82, 2.24) is 0 Å². The number of hydrogen-bond acceptors (Lipinski definition) is 2. The lowest BCUT2D eigenvalue weighted by atomic mass is 10.0. The maximum Gasteiger partial charge on any atom is 0.123 e. The molecule has 1 aromatic carbocycles. The number of halogens is 1. The molecule has 84 valence electrons. The lowest BCUT2D eigenvalue weighted by Crippen LogP contribution is -2.15. The van der Waals surface area contributed by atoms with E-state index in [0.29, 0.717) is 5.25 Å². The summed E-state index contributed by atoms with van der Waals surface area (Å²) in [6.07, 6.45) is 0. The molecule has 1 aromatic rings. The zero-order chi connectivity index (χ0) is 11.4. The minimum absolute atomic E-state index is 0.00185. The molecule has 0 amide bonds. The molecule has 1 unspecified atom stereocenters. The van der Waals surface area contributed by atoms with Crippen molar-refractivity contribution in [1.29, 1.82) is 0 Å². The molecule has 0 saturated carbocycles. The SMILES string of the molecule is Cc1cc(F)ccc1C(N)CSC(C)C. The molecular formula is C12H18FNS. The summed E-state index contributed by atoms with van der Waals surface area (Å²) in [6, 6.07) is 4.80. The van der Waals surface area contributed by atoms with E-state index in [0.717, 1.165) is 16.9 Å². The number of benzene rings is 1. The summed E-state index contributed by atoms with van der Waals surface area (Å²) in [4.78, 5) is 0. The van der Waals surface area contributed by atoms with Crippen LogP contribution in [-0.4, -0.2) is 11.0 Å². The summed E-state index contributed by atoms with van der Waals surface area (Å²) < 4.78 is 12.9. The normalized spacial score (nSPS) is 13.2. The van der Waals surface area contributed by atoms with Crippen LogP contribution in [0.3, 0.4) is 0 Å². The van der Waals surface area contributed by atoms with Crippen molar-refractivity contribution in [2.75, 3.05) is 5.75 Å². The van der Waals surface area contributed by atoms with Gasteiger partial charge in [0.15, 0.2) is 0 Å². The highest BCUT2D eigenvalue weighted by Crippen LogP contribution is 2.22. The Morgan fingerprint density at radius 1 is 1.40 bits per heavy atom. The first kappa shape index (κ1) is 12.5. The number of rotatable bonds is 4. The molecule has 0 fully saturated rings. The summed E-state index contributed by atoms with van der Waals surface area (Å²) in [6.45, 7) is 6.20. The molecule has 1 atom stereocenters. The molecule has 1 nitrogen and oxygen atoms in total. The molecule has 1 rings (SSSR count). The van der Waals surface area contributed by atoms with Crippen LogP contribution in [0.4, 0.5) is 4.39 Å². The summed E-state index contributed by atoms with van der Waals surface area (Å²) in [7, 11) is 0. The van der Waals surface area contributed by atoms with Gasteiger partial charge >= 0.3 is 0 Å². The molecule has 3 heteroatoms. The van der Waals surface area contributed by atoms with Gasteiger partial charge in [-0.1, -0.05) is 19.9 Å². The zero-order valence-corrected chi connectivity index (χ0v) is 10.3. The Labute approximate surface area is 95.2 Å². The molecule has 15 heavy (non-hydrogen) atoms. The first-order valence-corrected chi connectivity index (χ1v) is 6.19. The predicted octanol–water partition coefficient (Wildman–Crippen LogP) is 3.28. The van der Waals surface area contributed by atoms with Gasteiger partial charge in [-0.05, 0) is 35.4 Å². The average molecular weight is 227 g/mol. The van der Waals surface area contributed by atoms with E-state index < -0.39 is 0 Å². The molecule has 0 aliphatic carbocycles. The first-order chi connectivity index (χ1) is 7.00. The monoisotopic (exact) mass is 227 g/mol. The fourth-order valence-corrected chi connectivity index (χ4v) is 2.21. The molecule has 0 aromatic heterocycles. The van der Waals surface area contributed by atoms with Crippen LogP contribution in [0, 0.1) is 12.7 Å². The van der Waals surface area contributed by atoms with E-state index in [4.69, 9.17) is 5.73 Å². The van der Waals surface area contributed by atoms with E-state index in [2.05, 4.69) is 13.8 Å². The predicted molar refractivity (Wildman–Crippen MR) is 65.7 cm³/mol. The highest BCUT2D eigenvalue weighted by Gasteiger charge is 2.10. The van der Waals surface area contributed by atoms with E-state index in [1.165, 1.54) is 12.1 Å². The van der Waals surface area contributed by atoms with Crippen LogP contribution >= 0.6 is 11.8 Å². The van der Waals surface area contributed by atoms with E-state index in [1.54, 1.807) is 6.07 Å². The van der Waals surface area contributed by atoms with E-state index in [1.807, 2.05) is 18.7 Å². The van der Waals surface area contributed by atoms with E-state index in [-0.39, 0.29) is 11.9 Å². The second-order valence-corrected chi connectivity index (χ2v) is 5.60. The summed E-state index contributed by atoms with van der Waals surface area (Å²) in [5.41, 5.74) is 8.03. The van der Waals surface area contributed by atoms with E-state index in [9.17, 15) is 4.39 Å². The summed E-state index contributed by atoms with van der Waals surface area (Å²) in [5, 5.41) is 0.580. The zero-order valence-electron chi connectivity index (χ0n) is 9.46. The van der Waals surface area contributed by atoms with Crippen LogP contribution < -0.4 is 5.73 Å². The smallest absolute Gasteiger partial charge is 0.123 e. The quantitative estimate of drug-likeness (QED) is 0.854. The average Bonchev–Trinajstić information content (AvgIpc) is 2.14. The Morgan fingerprint density at radius 2 is 2.07 bits per heavy atom. The van der Waals surface area contributed by atoms with Crippen molar-refractivity contribution in [3.8, 4) is 0 Å². The van der Waals surface area contributed by atoms with Gasteiger partial charge in [0.2, 0.25) is 0 Å². The molecule has 0 bridgehead atoms. The van der Waals surface area contributed by atoms with Gasteiger partial charge in [0, 0.05) is 11.8 Å². The lowest BCUT2D eigenvalue weighted by molar-refractivity contribution is 0.624. The minimum atomic E-state index is -0.194. The van der Waals surface area contributed by atoms with Crippen molar-refractivity contribution in [3.63, 3.8) is 0 Å². The van der Waals surface area contributed by atoms with Crippen molar-refractivity contribution < 1.29 is 4.39 Å². The molecule has 0 spiro atoms. The Morgan fingerprint density at radius 3 is 2.60 bits per heavy atom. The fourth-order valence-electron chi connectivity index (χ4n) is 1.44. The maximum absolute atomic E-state index is 12.9. The number of thioether (sulfide) groups is 1. The Bertz CT molecular complexity index is 325. The fraction of sp³-hybridized carbons (Fsp3) is 0.500. The van der Waals surface area contributed by atoms with Gasteiger partial charge < -0.3 is 5.73 Å². The molecule has 0 saturated heterocycles. The van der Waals surface area contributed by atoms with Crippen LogP contribution in [-0.2, 0) is 0 Å². The molecular weight excluding hydrogens is 209 g/mol. The second-order valence-electron chi connectivity index (χ2n) is 3.99. The number of aryl methyl sites for hydroxylation is 1. The van der Waals surface area contributed by atoms with Gasteiger partial charge in [-0.15, -0.1) is 0 Å².